The molecule has 2 aromatic rings. The molecule has 0 aromatic heterocycles. The van der Waals surface area contributed by atoms with Crippen molar-refractivity contribution in [1.82, 2.24) is 4.72 Å². The first kappa shape index (κ1) is 17.0. The van der Waals surface area contributed by atoms with Crippen molar-refractivity contribution in [3.63, 3.8) is 0 Å². The van der Waals surface area contributed by atoms with Gasteiger partial charge in [-0.2, -0.15) is 0 Å². The molecule has 2 rings (SSSR count). The van der Waals surface area contributed by atoms with Crippen molar-refractivity contribution in [1.29, 1.82) is 0 Å². The van der Waals surface area contributed by atoms with Crippen molar-refractivity contribution in [3.8, 4) is 0 Å². The molecule has 1 unspecified atom stereocenters. The molecule has 2 aromatic carbocycles. The molecule has 0 aliphatic heterocycles. The van der Waals surface area contributed by atoms with Crippen molar-refractivity contribution in [2.45, 2.75) is 33.6 Å². The van der Waals surface area contributed by atoms with Gasteiger partial charge in [-0.15, -0.1) is 0 Å². The minimum atomic E-state index is -3.27. The van der Waals surface area contributed by atoms with Crippen LogP contribution in [0.5, 0.6) is 0 Å². The molecule has 3 nitrogen and oxygen atoms in total. The van der Waals surface area contributed by atoms with Crippen LogP contribution in [0.2, 0.25) is 0 Å². The molecule has 0 fully saturated rings. The number of sulfonamides is 1. The van der Waals surface area contributed by atoms with Crippen LogP contribution >= 0.6 is 0 Å². The van der Waals surface area contributed by atoms with Gasteiger partial charge in [0, 0.05) is 6.54 Å². The molecule has 0 amide bonds. The van der Waals surface area contributed by atoms with Gasteiger partial charge >= 0.3 is 0 Å². The second-order valence-electron chi connectivity index (χ2n) is 7.17. The monoisotopic (exact) mass is 319 g/mol. The lowest BCUT2D eigenvalue weighted by molar-refractivity contribution is 0.407. The first-order valence-corrected chi connectivity index (χ1v) is 9.28. The predicted octanol–water partition coefficient (Wildman–Crippen LogP) is 3.91. The van der Waals surface area contributed by atoms with Crippen LogP contribution in [0.25, 0.3) is 10.8 Å². The van der Waals surface area contributed by atoms with Crippen molar-refractivity contribution in [2.24, 2.45) is 5.41 Å². The Morgan fingerprint density at radius 3 is 2.32 bits per heavy atom. The topological polar surface area (TPSA) is 46.2 Å². The molecule has 0 saturated carbocycles. The van der Waals surface area contributed by atoms with Crippen molar-refractivity contribution in [2.75, 3.05) is 12.3 Å². The summed E-state index contributed by atoms with van der Waals surface area (Å²) in [6, 6.07) is 14.3. The summed E-state index contributed by atoms with van der Waals surface area (Å²) >= 11 is 0. The van der Waals surface area contributed by atoms with Gasteiger partial charge in [-0.05, 0) is 27.7 Å². The predicted molar refractivity (Wildman–Crippen MR) is 93.6 cm³/mol. The molecule has 120 valence electrons. The van der Waals surface area contributed by atoms with E-state index in [0.717, 1.165) is 10.9 Å². The Bertz CT molecular complexity index is 745. The fourth-order valence-electron chi connectivity index (χ4n) is 2.33. The molecule has 0 spiro atoms. The Morgan fingerprint density at radius 1 is 1.05 bits per heavy atom. The lowest BCUT2D eigenvalue weighted by Crippen LogP contribution is -2.35. The highest BCUT2D eigenvalue weighted by Gasteiger charge is 2.20. The zero-order chi connectivity index (χ0) is 16.4. The Morgan fingerprint density at radius 2 is 1.68 bits per heavy atom. The van der Waals surface area contributed by atoms with E-state index >= 15 is 0 Å². The van der Waals surface area contributed by atoms with E-state index in [1.807, 2.05) is 45.9 Å². The van der Waals surface area contributed by atoms with E-state index in [0.29, 0.717) is 6.54 Å². The fourth-order valence-corrected chi connectivity index (χ4v) is 3.95. The van der Waals surface area contributed by atoms with Crippen molar-refractivity contribution >= 4 is 20.8 Å². The number of rotatable bonds is 5. The third-order valence-electron chi connectivity index (χ3n) is 3.63. The molecule has 0 bridgehead atoms. The average Bonchev–Trinajstić information content (AvgIpc) is 2.44. The van der Waals surface area contributed by atoms with Gasteiger partial charge in [0.25, 0.3) is 0 Å². The first-order valence-electron chi connectivity index (χ1n) is 7.62. The highest BCUT2D eigenvalue weighted by Crippen LogP contribution is 2.23. The van der Waals surface area contributed by atoms with Crippen LogP contribution in [-0.2, 0) is 10.0 Å². The van der Waals surface area contributed by atoms with E-state index < -0.39 is 10.0 Å². The first-order chi connectivity index (χ1) is 10.2. The third kappa shape index (κ3) is 4.82. The van der Waals surface area contributed by atoms with E-state index in [-0.39, 0.29) is 17.1 Å². The number of hydrogen-bond acceptors (Lipinski definition) is 2. The normalized spacial score (nSPS) is 14.2. The maximum Gasteiger partial charge on any atom is 0.212 e. The number of fused-ring (bicyclic) bond motifs is 1. The lowest BCUT2D eigenvalue weighted by atomic mass is 9.98. The van der Waals surface area contributed by atoms with Gasteiger partial charge in [-0.3, -0.25) is 0 Å². The van der Waals surface area contributed by atoms with Crippen molar-refractivity contribution in [3.05, 3.63) is 48.0 Å². The van der Waals surface area contributed by atoms with Crippen LogP contribution in [-0.4, -0.2) is 20.7 Å². The second kappa shape index (κ2) is 6.39. The van der Waals surface area contributed by atoms with E-state index in [4.69, 9.17) is 0 Å². The highest BCUT2D eigenvalue weighted by atomic mass is 32.2. The number of nitrogens with one attached hydrogen (secondary N) is 1. The third-order valence-corrected chi connectivity index (χ3v) is 5.16. The molecular weight excluding hydrogens is 294 g/mol. The Kier molecular flexibility index (Phi) is 4.93. The maximum atomic E-state index is 12.2. The Labute approximate surface area is 133 Å². The van der Waals surface area contributed by atoms with E-state index in [9.17, 15) is 8.42 Å². The van der Waals surface area contributed by atoms with Crippen LogP contribution in [0.4, 0.5) is 0 Å². The molecule has 1 N–H and O–H groups in total. The average molecular weight is 319 g/mol. The SMILES string of the molecule is CC(CS(=O)(=O)NCC(C)(C)C)c1ccc2ccccc2c1. The minimum Gasteiger partial charge on any atom is -0.215 e. The molecule has 4 heteroatoms. The zero-order valence-corrected chi connectivity index (χ0v) is 14.6. The maximum absolute atomic E-state index is 12.2. The van der Waals surface area contributed by atoms with E-state index in [2.05, 4.69) is 29.0 Å². The summed E-state index contributed by atoms with van der Waals surface area (Å²) in [4.78, 5) is 0. The summed E-state index contributed by atoms with van der Waals surface area (Å²) in [5, 5.41) is 2.32. The summed E-state index contributed by atoms with van der Waals surface area (Å²) in [6.07, 6.45) is 0. The van der Waals surface area contributed by atoms with E-state index in [1.54, 1.807) is 0 Å². The minimum absolute atomic E-state index is 0.0397. The molecule has 22 heavy (non-hydrogen) atoms. The molecule has 0 radical (unpaired) electrons. The van der Waals surface area contributed by atoms with Crippen LogP contribution in [0.1, 0.15) is 39.2 Å². The summed E-state index contributed by atoms with van der Waals surface area (Å²) in [5.74, 6) is 0.0728. The zero-order valence-electron chi connectivity index (χ0n) is 13.8. The molecule has 1 atom stereocenters. The smallest absolute Gasteiger partial charge is 0.212 e. The van der Waals surface area contributed by atoms with Crippen LogP contribution in [0, 0.1) is 5.41 Å². The van der Waals surface area contributed by atoms with Gasteiger partial charge < -0.3 is 0 Å². The van der Waals surface area contributed by atoms with Crippen LogP contribution in [0.3, 0.4) is 0 Å². The van der Waals surface area contributed by atoms with Gasteiger partial charge in [0.15, 0.2) is 0 Å². The van der Waals surface area contributed by atoms with Gasteiger partial charge in [-0.1, -0.05) is 70.2 Å². The number of hydrogen-bond donors (Lipinski definition) is 1. The molecular formula is C18H25NO2S. The van der Waals surface area contributed by atoms with E-state index in [1.165, 1.54) is 5.39 Å². The van der Waals surface area contributed by atoms with Gasteiger partial charge in [0.2, 0.25) is 10.0 Å². The summed E-state index contributed by atoms with van der Waals surface area (Å²) < 4.78 is 27.1. The van der Waals surface area contributed by atoms with Crippen LogP contribution < -0.4 is 4.72 Å². The molecule has 0 heterocycles. The Balaban J connectivity index is 2.11. The Hall–Kier alpha value is -1.39. The fraction of sp³-hybridized carbons (Fsp3) is 0.444. The summed E-state index contributed by atoms with van der Waals surface area (Å²) in [5.41, 5.74) is 0.999. The van der Waals surface area contributed by atoms with Crippen LogP contribution in [0.15, 0.2) is 42.5 Å². The highest BCUT2D eigenvalue weighted by molar-refractivity contribution is 7.89. The summed E-state index contributed by atoms with van der Waals surface area (Å²) in [6.45, 7) is 8.47. The van der Waals surface area contributed by atoms with Gasteiger partial charge in [0.1, 0.15) is 0 Å². The number of benzene rings is 2. The largest absolute Gasteiger partial charge is 0.215 e. The molecule has 0 saturated heterocycles. The van der Waals surface area contributed by atoms with Gasteiger partial charge in [-0.25, -0.2) is 13.1 Å². The molecule has 0 aliphatic rings. The standard InChI is InChI=1S/C18H25NO2S/c1-14(12-22(20,21)19-13-18(2,3)4)16-10-9-15-7-5-6-8-17(15)11-16/h5-11,14,19H,12-13H2,1-4H3. The quantitative estimate of drug-likeness (QED) is 0.908. The summed E-state index contributed by atoms with van der Waals surface area (Å²) in [7, 11) is -3.27. The van der Waals surface area contributed by atoms with Gasteiger partial charge in [0.05, 0.1) is 5.75 Å². The van der Waals surface area contributed by atoms with Crippen molar-refractivity contribution < 1.29 is 8.42 Å². The lowest BCUT2D eigenvalue weighted by Gasteiger charge is -2.20. The second-order valence-corrected chi connectivity index (χ2v) is 9.02. The molecule has 0 aliphatic carbocycles.